The summed E-state index contributed by atoms with van der Waals surface area (Å²) < 4.78 is 37.5. The fourth-order valence-electron chi connectivity index (χ4n) is 2.41. The second kappa shape index (κ2) is 10.6. The highest BCUT2D eigenvalue weighted by Gasteiger charge is 2.22. The standard InChI is InChI=1S/C20H25N3O7S2/c1-5-29-18(25)16-17(31-12-22-16)23-32(27,28)15-8-6-13(7-9-15)10-14(24)11-21-19(26)30-20(2,3)4/h6-9,12,23H,5,10-11H2,1-4H3,(H,21,26). The number of carbonyl (C=O) groups is 3. The van der Waals surface area contributed by atoms with Crippen molar-refractivity contribution in [3.63, 3.8) is 0 Å². The maximum absolute atomic E-state index is 12.6. The third-order valence-electron chi connectivity index (χ3n) is 3.73. The van der Waals surface area contributed by atoms with Gasteiger partial charge in [0, 0.05) is 6.42 Å². The van der Waals surface area contributed by atoms with Crippen LogP contribution < -0.4 is 10.0 Å². The maximum atomic E-state index is 12.6. The van der Waals surface area contributed by atoms with Crippen LogP contribution >= 0.6 is 11.3 Å². The molecule has 0 radical (unpaired) electrons. The van der Waals surface area contributed by atoms with Gasteiger partial charge in [-0.1, -0.05) is 12.1 Å². The molecule has 0 saturated carbocycles. The predicted molar refractivity (Wildman–Crippen MR) is 118 cm³/mol. The number of rotatable bonds is 9. The molecule has 10 nitrogen and oxygen atoms in total. The van der Waals surface area contributed by atoms with Crippen LogP contribution in [-0.2, 0) is 30.7 Å². The van der Waals surface area contributed by atoms with Crippen LogP contribution in [0.4, 0.5) is 9.80 Å². The number of sulfonamides is 1. The summed E-state index contributed by atoms with van der Waals surface area (Å²) in [4.78, 5) is 39.4. The number of esters is 1. The van der Waals surface area contributed by atoms with E-state index in [0.717, 1.165) is 11.3 Å². The third-order valence-corrected chi connectivity index (χ3v) is 5.96. The first-order valence-electron chi connectivity index (χ1n) is 9.62. The number of hydrogen-bond donors (Lipinski definition) is 2. The van der Waals surface area contributed by atoms with E-state index in [1.807, 2.05) is 0 Å². The molecule has 2 aromatic rings. The van der Waals surface area contributed by atoms with Crippen molar-refractivity contribution in [3.8, 4) is 0 Å². The summed E-state index contributed by atoms with van der Waals surface area (Å²) in [6.45, 7) is 6.70. The molecule has 0 unspecified atom stereocenters. The second-order valence-corrected chi connectivity index (χ2v) is 10.1. The second-order valence-electron chi connectivity index (χ2n) is 7.57. The molecular weight excluding hydrogens is 458 g/mol. The molecule has 1 aromatic heterocycles. The Hall–Kier alpha value is -2.99. The summed E-state index contributed by atoms with van der Waals surface area (Å²) >= 11 is 0.956. The minimum absolute atomic E-state index is 0.00536. The summed E-state index contributed by atoms with van der Waals surface area (Å²) in [5, 5.41) is 2.44. The third kappa shape index (κ3) is 7.61. The summed E-state index contributed by atoms with van der Waals surface area (Å²) in [5.41, 5.74) is 1.13. The van der Waals surface area contributed by atoms with Gasteiger partial charge in [0.2, 0.25) is 0 Å². The molecule has 0 spiro atoms. The molecule has 1 aromatic carbocycles. The van der Waals surface area contributed by atoms with Crippen LogP contribution in [0, 0.1) is 0 Å². The number of nitrogens with one attached hydrogen (secondary N) is 2. The zero-order valence-corrected chi connectivity index (χ0v) is 19.8. The van der Waals surface area contributed by atoms with Crippen molar-refractivity contribution in [1.82, 2.24) is 10.3 Å². The van der Waals surface area contributed by atoms with Gasteiger partial charge >= 0.3 is 12.1 Å². The molecule has 12 heteroatoms. The highest BCUT2D eigenvalue weighted by atomic mass is 32.2. The van der Waals surface area contributed by atoms with E-state index in [-0.39, 0.29) is 40.9 Å². The number of thiazole rings is 1. The van der Waals surface area contributed by atoms with Gasteiger partial charge in [-0.15, -0.1) is 11.3 Å². The quantitative estimate of drug-likeness (QED) is 0.519. The molecule has 0 fully saturated rings. The highest BCUT2D eigenvalue weighted by molar-refractivity contribution is 7.93. The average molecular weight is 484 g/mol. The molecule has 0 aliphatic heterocycles. The van der Waals surface area contributed by atoms with E-state index in [1.165, 1.54) is 29.8 Å². The van der Waals surface area contributed by atoms with E-state index in [0.29, 0.717) is 5.56 Å². The molecular formula is C20H25N3O7S2. The van der Waals surface area contributed by atoms with Crippen molar-refractivity contribution in [2.45, 2.75) is 44.6 Å². The van der Waals surface area contributed by atoms with Gasteiger partial charge in [0.1, 0.15) is 10.6 Å². The lowest BCUT2D eigenvalue weighted by Gasteiger charge is -2.19. The van der Waals surface area contributed by atoms with Crippen molar-refractivity contribution in [3.05, 3.63) is 41.0 Å². The first-order chi connectivity index (χ1) is 14.9. The monoisotopic (exact) mass is 483 g/mol. The van der Waals surface area contributed by atoms with E-state index in [9.17, 15) is 22.8 Å². The highest BCUT2D eigenvalue weighted by Crippen LogP contribution is 2.25. The lowest BCUT2D eigenvalue weighted by molar-refractivity contribution is -0.117. The Balaban J connectivity index is 1.98. The van der Waals surface area contributed by atoms with Gasteiger partial charge in [0.15, 0.2) is 11.5 Å². The van der Waals surface area contributed by atoms with Gasteiger partial charge in [-0.3, -0.25) is 9.52 Å². The molecule has 32 heavy (non-hydrogen) atoms. The molecule has 0 bridgehead atoms. The zero-order valence-electron chi connectivity index (χ0n) is 18.1. The summed E-state index contributed by atoms with van der Waals surface area (Å²) in [5.74, 6) is -0.992. The minimum Gasteiger partial charge on any atom is -0.461 e. The number of ketones is 1. The lowest BCUT2D eigenvalue weighted by atomic mass is 10.1. The smallest absolute Gasteiger partial charge is 0.408 e. The van der Waals surface area contributed by atoms with Crippen LogP contribution in [0.2, 0.25) is 0 Å². The normalized spacial score (nSPS) is 11.5. The number of alkyl carbamates (subject to hydrolysis) is 1. The maximum Gasteiger partial charge on any atom is 0.408 e. The Morgan fingerprint density at radius 2 is 1.78 bits per heavy atom. The topological polar surface area (TPSA) is 141 Å². The largest absolute Gasteiger partial charge is 0.461 e. The van der Waals surface area contributed by atoms with Gasteiger partial charge in [-0.05, 0) is 45.4 Å². The van der Waals surface area contributed by atoms with Crippen molar-refractivity contribution in [1.29, 1.82) is 0 Å². The average Bonchev–Trinajstić information content (AvgIpc) is 3.13. The van der Waals surface area contributed by atoms with E-state index in [4.69, 9.17) is 9.47 Å². The van der Waals surface area contributed by atoms with Crippen molar-refractivity contribution >= 4 is 44.2 Å². The molecule has 0 aliphatic rings. The van der Waals surface area contributed by atoms with Crippen LogP contribution in [0.3, 0.4) is 0 Å². The van der Waals surface area contributed by atoms with Crippen LogP contribution in [0.5, 0.6) is 0 Å². The SMILES string of the molecule is CCOC(=O)c1ncsc1NS(=O)(=O)c1ccc(CC(=O)CNC(=O)OC(C)(C)C)cc1. The first kappa shape index (κ1) is 25.3. The van der Waals surface area contributed by atoms with Gasteiger partial charge in [-0.25, -0.2) is 23.0 Å². The number of ether oxygens (including phenoxy) is 2. The summed E-state index contributed by atoms with van der Waals surface area (Å²) in [7, 11) is -3.98. The van der Waals surface area contributed by atoms with Crippen LogP contribution in [0.15, 0.2) is 34.7 Å². The van der Waals surface area contributed by atoms with Gasteiger partial charge in [0.05, 0.1) is 23.6 Å². The van der Waals surface area contributed by atoms with Gasteiger partial charge < -0.3 is 14.8 Å². The number of nitrogens with zero attached hydrogens (tertiary/aromatic N) is 1. The molecule has 1 heterocycles. The number of Topliss-reactive ketones (excluding diaryl/α,β-unsaturated/α-hetero) is 1. The van der Waals surface area contributed by atoms with Gasteiger partial charge in [-0.2, -0.15) is 0 Å². The van der Waals surface area contributed by atoms with Gasteiger partial charge in [0.25, 0.3) is 10.0 Å². The Morgan fingerprint density at radius 3 is 2.38 bits per heavy atom. The molecule has 0 atom stereocenters. The zero-order chi connectivity index (χ0) is 23.9. The predicted octanol–water partition coefficient (Wildman–Crippen LogP) is 2.76. The number of aromatic nitrogens is 1. The molecule has 2 rings (SSSR count). The Kier molecular flexibility index (Phi) is 8.33. The molecule has 2 N–H and O–H groups in total. The number of anilines is 1. The Bertz CT molecular complexity index is 1070. The van der Waals surface area contributed by atoms with E-state index >= 15 is 0 Å². The number of amides is 1. The number of hydrogen-bond acceptors (Lipinski definition) is 9. The lowest BCUT2D eigenvalue weighted by Crippen LogP contribution is -2.35. The Labute approximate surface area is 190 Å². The summed E-state index contributed by atoms with van der Waals surface area (Å²) in [6.07, 6.45) is -0.686. The van der Waals surface area contributed by atoms with E-state index in [2.05, 4.69) is 15.0 Å². The molecule has 0 aliphatic carbocycles. The fourth-order valence-corrected chi connectivity index (χ4v) is 4.39. The number of benzene rings is 1. The summed E-state index contributed by atoms with van der Waals surface area (Å²) in [6, 6.07) is 5.69. The fraction of sp³-hybridized carbons (Fsp3) is 0.400. The van der Waals surface area contributed by atoms with Crippen molar-refractivity contribution in [2.75, 3.05) is 17.9 Å². The molecule has 174 valence electrons. The minimum atomic E-state index is -3.98. The molecule has 1 amide bonds. The van der Waals surface area contributed by atoms with E-state index in [1.54, 1.807) is 27.7 Å². The van der Waals surface area contributed by atoms with Crippen molar-refractivity contribution in [2.24, 2.45) is 0 Å². The van der Waals surface area contributed by atoms with Crippen LogP contribution in [0.1, 0.15) is 43.7 Å². The molecule has 0 saturated heterocycles. The van der Waals surface area contributed by atoms with E-state index < -0.39 is 27.7 Å². The van der Waals surface area contributed by atoms with Crippen LogP contribution in [0.25, 0.3) is 0 Å². The first-order valence-corrected chi connectivity index (χ1v) is 12.0. The van der Waals surface area contributed by atoms with Crippen LogP contribution in [-0.4, -0.2) is 50.0 Å². The Morgan fingerprint density at radius 1 is 1.12 bits per heavy atom. The number of carbonyl (C=O) groups excluding carboxylic acids is 3. The van der Waals surface area contributed by atoms with Crippen molar-refractivity contribution < 1.29 is 32.3 Å².